The number of halogens is 2. The molecular weight excluding hydrogens is 279 g/mol. The van der Waals surface area contributed by atoms with Gasteiger partial charge in [0, 0.05) is 31.9 Å². The van der Waals surface area contributed by atoms with Crippen LogP contribution in [0.2, 0.25) is 0 Å². The zero-order valence-corrected chi connectivity index (χ0v) is 11.8. The van der Waals surface area contributed by atoms with Gasteiger partial charge in [-0.2, -0.15) is 0 Å². The largest absolute Gasteiger partial charge is 0.492 e. The number of ether oxygens (including phenoxy) is 1. The van der Waals surface area contributed by atoms with Gasteiger partial charge in [-0.1, -0.05) is 11.8 Å². The lowest BCUT2D eigenvalue weighted by molar-refractivity contribution is 0.315. The molecule has 0 bridgehead atoms. The highest BCUT2D eigenvalue weighted by Crippen LogP contribution is 2.19. The molecule has 2 rings (SSSR count). The minimum absolute atomic E-state index is 0.226. The van der Waals surface area contributed by atoms with Gasteiger partial charge in [-0.15, -0.1) is 11.6 Å². The summed E-state index contributed by atoms with van der Waals surface area (Å²) >= 11 is 5.52. The van der Waals surface area contributed by atoms with Gasteiger partial charge in [0.25, 0.3) is 0 Å². The van der Waals surface area contributed by atoms with E-state index in [2.05, 4.69) is 16.8 Å². The first-order chi connectivity index (χ1) is 9.70. The van der Waals surface area contributed by atoms with Gasteiger partial charge in [-0.3, -0.25) is 0 Å². The fraction of sp³-hybridized carbons (Fsp3) is 0.267. The Bertz CT molecular complexity index is 643. The van der Waals surface area contributed by atoms with Gasteiger partial charge in [0.15, 0.2) is 0 Å². The number of nitrogens with zero attached hydrogens (tertiary/aromatic N) is 2. The van der Waals surface area contributed by atoms with Crippen molar-refractivity contribution in [2.24, 2.45) is 7.05 Å². The average molecular weight is 293 g/mol. The quantitative estimate of drug-likeness (QED) is 0.640. The number of imidazole rings is 1. The van der Waals surface area contributed by atoms with Gasteiger partial charge in [0.2, 0.25) is 0 Å². The van der Waals surface area contributed by atoms with E-state index in [1.165, 1.54) is 12.1 Å². The predicted molar refractivity (Wildman–Crippen MR) is 76.4 cm³/mol. The molecule has 0 unspecified atom stereocenters. The highest BCUT2D eigenvalue weighted by Gasteiger charge is 2.05. The molecule has 1 aromatic heterocycles. The molecule has 1 heterocycles. The maximum Gasteiger partial charge on any atom is 0.137 e. The molecule has 0 amide bonds. The lowest BCUT2D eigenvalue weighted by Gasteiger charge is -2.08. The lowest BCUT2D eigenvalue weighted by atomic mass is 10.2. The van der Waals surface area contributed by atoms with Crippen LogP contribution in [0.3, 0.4) is 0 Å². The molecule has 2 aromatic rings. The van der Waals surface area contributed by atoms with Crippen LogP contribution in [0, 0.1) is 17.7 Å². The van der Waals surface area contributed by atoms with Gasteiger partial charge >= 0.3 is 0 Å². The van der Waals surface area contributed by atoms with Crippen LogP contribution in [-0.2, 0) is 13.5 Å². The summed E-state index contributed by atoms with van der Waals surface area (Å²) in [5.74, 6) is 6.80. The van der Waals surface area contributed by atoms with Crippen LogP contribution in [-0.4, -0.2) is 22.0 Å². The number of rotatable bonds is 4. The number of alkyl halides is 1. The van der Waals surface area contributed by atoms with Crippen molar-refractivity contribution >= 4 is 11.6 Å². The summed E-state index contributed by atoms with van der Waals surface area (Å²) in [5.41, 5.74) is 0.631. The molecule has 0 N–H and O–H groups in total. The zero-order valence-electron chi connectivity index (χ0n) is 11.1. The van der Waals surface area contributed by atoms with Crippen LogP contribution in [0.4, 0.5) is 4.39 Å². The van der Waals surface area contributed by atoms with Gasteiger partial charge in [0.05, 0.1) is 18.1 Å². The average Bonchev–Trinajstić information content (AvgIpc) is 2.84. The zero-order chi connectivity index (χ0) is 14.4. The summed E-state index contributed by atoms with van der Waals surface area (Å²) in [7, 11) is 1.92. The van der Waals surface area contributed by atoms with Crippen molar-refractivity contribution < 1.29 is 9.13 Å². The van der Waals surface area contributed by atoms with Crippen LogP contribution < -0.4 is 4.74 Å². The fourth-order valence-electron chi connectivity index (χ4n) is 1.74. The molecule has 0 fully saturated rings. The summed E-state index contributed by atoms with van der Waals surface area (Å²) < 4.78 is 20.8. The second-order valence-electron chi connectivity index (χ2n) is 4.13. The van der Waals surface area contributed by atoms with Crippen LogP contribution in [0.25, 0.3) is 0 Å². The summed E-state index contributed by atoms with van der Waals surface area (Å²) in [6, 6.07) is 4.27. The van der Waals surface area contributed by atoms with E-state index >= 15 is 0 Å². The van der Waals surface area contributed by atoms with Gasteiger partial charge in [-0.05, 0) is 12.1 Å². The van der Waals surface area contributed by atoms with Crippen LogP contribution in [0.15, 0.2) is 30.6 Å². The molecule has 0 aliphatic heterocycles. The molecule has 20 heavy (non-hydrogen) atoms. The monoisotopic (exact) mass is 292 g/mol. The Morgan fingerprint density at radius 2 is 2.30 bits per heavy atom. The first-order valence-corrected chi connectivity index (χ1v) is 6.67. The van der Waals surface area contributed by atoms with Crippen LogP contribution in [0.5, 0.6) is 5.75 Å². The Morgan fingerprint density at radius 1 is 1.45 bits per heavy atom. The molecule has 1 aromatic carbocycles. The molecular formula is C15H14ClFN2O. The predicted octanol–water partition coefficient (Wildman–Crippen LogP) is 2.77. The van der Waals surface area contributed by atoms with E-state index < -0.39 is 0 Å². The van der Waals surface area contributed by atoms with E-state index in [0.29, 0.717) is 24.3 Å². The Morgan fingerprint density at radius 3 is 3.00 bits per heavy atom. The van der Waals surface area contributed by atoms with Crippen molar-refractivity contribution in [2.75, 3.05) is 12.5 Å². The first kappa shape index (κ1) is 14.4. The van der Waals surface area contributed by atoms with Crippen molar-refractivity contribution in [1.82, 2.24) is 9.55 Å². The van der Waals surface area contributed by atoms with Crippen LogP contribution in [0.1, 0.15) is 11.4 Å². The molecule has 0 spiro atoms. The van der Waals surface area contributed by atoms with Crippen molar-refractivity contribution in [2.45, 2.75) is 6.42 Å². The molecule has 0 atom stereocenters. The van der Waals surface area contributed by atoms with E-state index in [0.717, 1.165) is 5.82 Å². The third-order valence-corrected chi connectivity index (χ3v) is 2.87. The smallest absolute Gasteiger partial charge is 0.137 e. The first-order valence-electron chi connectivity index (χ1n) is 6.14. The molecule has 0 saturated heterocycles. The maximum absolute atomic E-state index is 13.3. The molecule has 0 aliphatic rings. The standard InChI is InChI=1S/C15H14ClFN2O/c1-19-9-8-18-15(19)6-10-20-14-11-13(17)5-4-12(14)3-2-7-16/h4-5,8-9,11H,6-7,10H2,1H3. The van der Waals surface area contributed by atoms with Crippen LogP contribution >= 0.6 is 11.6 Å². The van der Waals surface area contributed by atoms with Gasteiger partial charge in [0.1, 0.15) is 17.4 Å². The molecule has 0 radical (unpaired) electrons. The fourth-order valence-corrected chi connectivity index (χ4v) is 1.80. The lowest BCUT2D eigenvalue weighted by Crippen LogP contribution is -2.07. The molecule has 3 nitrogen and oxygen atoms in total. The van der Waals surface area contributed by atoms with Gasteiger partial charge in [-0.25, -0.2) is 9.37 Å². The molecule has 5 heteroatoms. The third kappa shape index (κ3) is 3.75. The highest BCUT2D eigenvalue weighted by molar-refractivity contribution is 6.19. The normalized spacial score (nSPS) is 9.95. The molecule has 0 saturated carbocycles. The Balaban J connectivity index is 2.04. The Labute approximate surface area is 122 Å². The second kappa shape index (κ2) is 6.97. The van der Waals surface area contributed by atoms with E-state index in [-0.39, 0.29) is 11.7 Å². The number of aryl methyl sites for hydroxylation is 1. The summed E-state index contributed by atoms with van der Waals surface area (Å²) in [4.78, 5) is 4.20. The molecule has 104 valence electrons. The van der Waals surface area contributed by atoms with E-state index in [4.69, 9.17) is 16.3 Å². The van der Waals surface area contributed by atoms with Gasteiger partial charge < -0.3 is 9.30 Å². The topological polar surface area (TPSA) is 27.1 Å². The minimum atomic E-state index is -0.353. The van der Waals surface area contributed by atoms with E-state index in [1.54, 1.807) is 12.3 Å². The number of aromatic nitrogens is 2. The maximum atomic E-state index is 13.3. The minimum Gasteiger partial charge on any atom is -0.492 e. The van der Waals surface area contributed by atoms with Crippen molar-refractivity contribution in [3.63, 3.8) is 0 Å². The highest BCUT2D eigenvalue weighted by atomic mass is 35.5. The summed E-state index contributed by atoms with van der Waals surface area (Å²) in [6.07, 6.45) is 4.24. The Hall–Kier alpha value is -1.99. The second-order valence-corrected chi connectivity index (χ2v) is 4.40. The summed E-state index contributed by atoms with van der Waals surface area (Å²) in [6.45, 7) is 0.407. The van der Waals surface area contributed by atoms with E-state index in [9.17, 15) is 4.39 Å². The van der Waals surface area contributed by atoms with E-state index in [1.807, 2.05) is 17.8 Å². The number of benzene rings is 1. The van der Waals surface area contributed by atoms with Crippen molar-refractivity contribution in [1.29, 1.82) is 0 Å². The van der Waals surface area contributed by atoms with Crippen molar-refractivity contribution in [3.8, 4) is 17.6 Å². The third-order valence-electron chi connectivity index (χ3n) is 2.74. The Kier molecular flexibility index (Phi) is 5.03. The van der Waals surface area contributed by atoms with Crippen molar-refractivity contribution in [3.05, 3.63) is 47.8 Å². The molecule has 0 aliphatic carbocycles. The number of hydrogen-bond donors (Lipinski definition) is 0. The summed E-state index contributed by atoms with van der Waals surface area (Å²) in [5, 5.41) is 0. The number of hydrogen-bond acceptors (Lipinski definition) is 2. The SMILES string of the molecule is Cn1ccnc1CCOc1cc(F)ccc1C#CCCl.